The van der Waals surface area contributed by atoms with Crippen molar-refractivity contribution in [3.05, 3.63) is 33.9 Å². The molecule has 0 aliphatic carbocycles. The number of methoxy groups -OCH3 is 1. The molecule has 0 unspecified atom stereocenters. The van der Waals surface area contributed by atoms with E-state index in [-0.39, 0.29) is 5.69 Å². The van der Waals surface area contributed by atoms with Gasteiger partial charge in [-0.15, -0.1) is 0 Å². The number of nitrogens with zero attached hydrogens (tertiary/aromatic N) is 1. The van der Waals surface area contributed by atoms with Crippen LogP contribution in [0.2, 0.25) is 0 Å². The molecular weight excluding hydrogens is 210 g/mol. The molecule has 16 heavy (non-hydrogen) atoms. The van der Waals surface area contributed by atoms with Crippen LogP contribution in [0.25, 0.3) is 0 Å². The number of hydrogen-bond donors (Lipinski definition) is 2. The highest BCUT2D eigenvalue weighted by atomic mass is 16.6. The number of rotatable bonds is 6. The molecule has 1 aromatic rings. The molecule has 6 heteroatoms. The van der Waals surface area contributed by atoms with E-state index in [9.17, 15) is 10.1 Å². The van der Waals surface area contributed by atoms with Gasteiger partial charge in [0.05, 0.1) is 18.1 Å². The number of nitro benzene ring substituents is 1. The first-order valence-corrected chi connectivity index (χ1v) is 4.90. The number of non-ortho nitro benzene ring substituents is 1. The van der Waals surface area contributed by atoms with Crippen molar-refractivity contribution in [1.29, 1.82) is 0 Å². The fraction of sp³-hybridized carbons (Fsp3) is 0.400. The summed E-state index contributed by atoms with van der Waals surface area (Å²) in [6, 6.07) is 4.68. The molecule has 0 bridgehead atoms. The average molecular weight is 225 g/mol. The van der Waals surface area contributed by atoms with Crippen molar-refractivity contribution >= 4 is 5.69 Å². The fourth-order valence-electron chi connectivity index (χ4n) is 1.30. The Morgan fingerprint density at radius 2 is 2.25 bits per heavy atom. The van der Waals surface area contributed by atoms with Gasteiger partial charge in [-0.05, 0) is 11.6 Å². The summed E-state index contributed by atoms with van der Waals surface area (Å²) in [4.78, 5) is 10.2. The predicted molar refractivity (Wildman–Crippen MR) is 60.4 cm³/mol. The number of hydrogen-bond acceptors (Lipinski definition) is 5. The molecule has 0 heterocycles. The van der Waals surface area contributed by atoms with E-state index in [1.807, 2.05) is 0 Å². The van der Waals surface area contributed by atoms with E-state index in [0.29, 0.717) is 25.4 Å². The van der Waals surface area contributed by atoms with Gasteiger partial charge in [-0.3, -0.25) is 10.1 Å². The first-order valence-electron chi connectivity index (χ1n) is 4.90. The van der Waals surface area contributed by atoms with Crippen LogP contribution in [0, 0.1) is 10.1 Å². The van der Waals surface area contributed by atoms with Crippen molar-refractivity contribution in [2.45, 2.75) is 6.54 Å². The summed E-state index contributed by atoms with van der Waals surface area (Å²) in [7, 11) is 1.48. The minimum absolute atomic E-state index is 0.0314. The molecule has 0 fully saturated rings. The second kappa shape index (κ2) is 6.04. The minimum Gasteiger partial charge on any atom is -0.496 e. The Morgan fingerprint density at radius 3 is 2.81 bits per heavy atom. The highest BCUT2D eigenvalue weighted by Gasteiger charge is 2.09. The van der Waals surface area contributed by atoms with E-state index in [1.165, 1.54) is 19.2 Å². The highest BCUT2D eigenvalue weighted by molar-refractivity contribution is 5.42. The van der Waals surface area contributed by atoms with Gasteiger partial charge in [0, 0.05) is 25.7 Å². The Bertz CT molecular complexity index is 368. The zero-order valence-electron chi connectivity index (χ0n) is 9.10. The van der Waals surface area contributed by atoms with E-state index in [0.717, 1.165) is 5.56 Å². The van der Waals surface area contributed by atoms with E-state index in [2.05, 4.69) is 5.32 Å². The van der Waals surface area contributed by atoms with Crippen LogP contribution in [-0.4, -0.2) is 25.1 Å². The normalized spacial score (nSPS) is 10.1. The van der Waals surface area contributed by atoms with Crippen molar-refractivity contribution in [1.82, 2.24) is 5.32 Å². The minimum atomic E-state index is -0.436. The molecule has 0 aromatic heterocycles. The fourth-order valence-corrected chi connectivity index (χ4v) is 1.30. The lowest BCUT2D eigenvalue weighted by Crippen LogP contribution is -2.21. The standard InChI is InChI=1S/C10H15N3O3/c1-16-10-5-8(7-12-3-2-11)4-9(6-10)13(14)15/h4-6,12H,2-3,7,11H2,1H3. The summed E-state index contributed by atoms with van der Waals surface area (Å²) < 4.78 is 5.00. The van der Waals surface area contributed by atoms with Crippen molar-refractivity contribution in [3.8, 4) is 5.75 Å². The Labute approximate surface area is 93.5 Å². The third-order valence-electron chi connectivity index (χ3n) is 2.05. The third kappa shape index (κ3) is 3.48. The molecule has 0 amide bonds. The lowest BCUT2D eigenvalue weighted by Gasteiger charge is -2.06. The van der Waals surface area contributed by atoms with Gasteiger partial charge in [-0.25, -0.2) is 0 Å². The Balaban J connectivity index is 2.82. The number of nitrogens with two attached hydrogens (primary N) is 1. The lowest BCUT2D eigenvalue weighted by molar-refractivity contribution is -0.385. The van der Waals surface area contributed by atoms with Crippen LogP contribution in [0.4, 0.5) is 5.69 Å². The zero-order valence-corrected chi connectivity index (χ0v) is 9.10. The number of ether oxygens (including phenoxy) is 1. The Hall–Kier alpha value is -1.66. The maximum atomic E-state index is 10.7. The molecule has 0 saturated carbocycles. The highest BCUT2D eigenvalue weighted by Crippen LogP contribution is 2.22. The van der Waals surface area contributed by atoms with Crippen LogP contribution in [-0.2, 0) is 6.54 Å². The van der Waals surface area contributed by atoms with Crippen LogP contribution < -0.4 is 15.8 Å². The van der Waals surface area contributed by atoms with Gasteiger partial charge >= 0.3 is 0 Å². The molecular formula is C10H15N3O3. The largest absolute Gasteiger partial charge is 0.496 e. The summed E-state index contributed by atoms with van der Waals surface area (Å²) in [6.07, 6.45) is 0. The summed E-state index contributed by atoms with van der Waals surface area (Å²) in [6.45, 7) is 1.74. The quantitative estimate of drug-likeness (QED) is 0.421. The topological polar surface area (TPSA) is 90.4 Å². The SMILES string of the molecule is COc1cc(CNCCN)cc([N+](=O)[O-])c1. The average Bonchev–Trinajstić information content (AvgIpc) is 2.29. The first kappa shape index (κ1) is 12.4. The van der Waals surface area contributed by atoms with Crippen molar-refractivity contribution in [2.75, 3.05) is 20.2 Å². The van der Waals surface area contributed by atoms with Gasteiger partial charge in [0.15, 0.2) is 0 Å². The molecule has 0 saturated heterocycles. The third-order valence-corrected chi connectivity index (χ3v) is 2.05. The van der Waals surface area contributed by atoms with Crippen LogP contribution in [0.5, 0.6) is 5.75 Å². The second-order valence-corrected chi connectivity index (χ2v) is 3.26. The summed E-state index contributed by atoms with van der Waals surface area (Å²) >= 11 is 0. The molecule has 3 N–H and O–H groups in total. The molecule has 1 rings (SSSR count). The van der Waals surface area contributed by atoms with Crippen LogP contribution >= 0.6 is 0 Å². The number of benzene rings is 1. The number of nitrogens with one attached hydrogen (secondary N) is 1. The van der Waals surface area contributed by atoms with Crippen LogP contribution in [0.1, 0.15) is 5.56 Å². The summed E-state index contributed by atoms with van der Waals surface area (Å²) in [5, 5.41) is 13.7. The van der Waals surface area contributed by atoms with Crippen molar-refractivity contribution in [3.63, 3.8) is 0 Å². The van der Waals surface area contributed by atoms with Gasteiger partial charge in [0.1, 0.15) is 5.75 Å². The number of nitro groups is 1. The van der Waals surface area contributed by atoms with Gasteiger partial charge in [-0.2, -0.15) is 0 Å². The van der Waals surface area contributed by atoms with Crippen LogP contribution in [0.15, 0.2) is 18.2 Å². The maximum absolute atomic E-state index is 10.7. The van der Waals surface area contributed by atoms with Gasteiger partial charge in [0.25, 0.3) is 5.69 Å². The molecule has 0 atom stereocenters. The Kier molecular flexibility index (Phi) is 4.68. The Morgan fingerprint density at radius 1 is 1.50 bits per heavy atom. The van der Waals surface area contributed by atoms with E-state index in [4.69, 9.17) is 10.5 Å². The summed E-state index contributed by atoms with van der Waals surface area (Å²) in [5.41, 5.74) is 6.17. The zero-order chi connectivity index (χ0) is 12.0. The maximum Gasteiger partial charge on any atom is 0.273 e. The molecule has 0 radical (unpaired) electrons. The van der Waals surface area contributed by atoms with Gasteiger partial charge in [-0.1, -0.05) is 0 Å². The first-order chi connectivity index (χ1) is 7.67. The van der Waals surface area contributed by atoms with E-state index in [1.54, 1.807) is 6.07 Å². The summed E-state index contributed by atoms with van der Waals surface area (Å²) in [5.74, 6) is 0.485. The lowest BCUT2D eigenvalue weighted by atomic mass is 10.2. The van der Waals surface area contributed by atoms with Gasteiger partial charge in [0.2, 0.25) is 0 Å². The molecule has 0 spiro atoms. The smallest absolute Gasteiger partial charge is 0.273 e. The molecule has 88 valence electrons. The van der Waals surface area contributed by atoms with Gasteiger partial charge < -0.3 is 15.8 Å². The van der Waals surface area contributed by atoms with E-state index < -0.39 is 4.92 Å². The predicted octanol–water partition coefficient (Wildman–Crippen LogP) is 0.652. The van der Waals surface area contributed by atoms with Crippen molar-refractivity contribution in [2.24, 2.45) is 5.73 Å². The van der Waals surface area contributed by atoms with E-state index >= 15 is 0 Å². The monoisotopic (exact) mass is 225 g/mol. The molecule has 1 aromatic carbocycles. The molecule has 0 aliphatic rings. The van der Waals surface area contributed by atoms with Crippen LogP contribution in [0.3, 0.4) is 0 Å². The second-order valence-electron chi connectivity index (χ2n) is 3.26. The van der Waals surface area contributed by atoms with Crippen molar-refractivity contribution < 1.29 is 9.66 Å². The molecule has 6 nitrogen and oxygen atoms in total. The molecule has 0 aliphatic heterocycles.